The Labute approximate surface area is 218 Å². The highest BCUT2D eigenvalue weighted by Gasteiger charge is 2.43. The summed E-state index contributed by atoms with van der Waals surface area (Å²) >= 11 is 4.70. The van der Waals surface area contributed by atoms with Crippen molar-refractivity contribution in [2.45, 2.75) is 55.6 Å². The number of nitrogens with one attached hydrogen (secondary N) is 1. The molecule has 180 valence electrons. The van der Waals surface area contributed by atoms with Crippen LogP contribution in [0.15, 0.2) is 75.6 Å². The number of thioether (sulfide) groups is 1. The van der Waals surface area contributed by atoms with Crippen molar-refractivity contribution in [3.05, 3.63) is 87.1 Å². The summed E-state index contributed by atoms with van der Waals surface area (Å²) in [5.74, 6) is 0.0178. The molecule has 1 amide bonds. The van der Waals surface area contributed by atoms with Gasteiger partial charge in [0.1, 0.15) is 0 Å². The van der Waals surface area contributed by atoms with Gasteiger partial charge in [-0.15, -0.1) is 6.58 Å². The standard InChI is InChI=1S/C28H28BrN3O2S/c1-2-16-32-26(34)24-25(22-9-5-4-8-19(22)17-28(24)14-6-3-7-15-28)31-27(32)35-18-23(33)30-21-12-10-20(29)11-13-21/h2,4-5,8-13H,1,3,6-7,14-18H2,(H,30,33). The van der Waals surface area contributed by atoms with Crippen molar-refractivity contribution in [3.8, 4) is 11.3 Å². The van der Waals surface area contributed by atoms with Crippen LogP contribution in [0, 0.1) is 0 Å². The number of carbonyl (C=O) groups excluding carboxylic acids is 1. The average Bonchev–Trinajstić information content (AvgIpc) is 2.86. The normalized spacial score (nSPS) is 15.8. The third-order valence-electron chi connectivity index (χ3n) is 7.05. The zero-order valence-electron chi connectivity index (χ0n) is 19.6. The van der Waals surface area contributed by atoms with Crippen molar-refractivity contribution in [2.75, 3.05) is 11.1 Å². The van der Waals surface area contributed by atoms with Crippen LogP contribution in [0.5, 0.6) is 0 Å². The molecular weight excluding hydrogens is 522 g/mol. The lowest BCUT2D eigenvalue weighted by molar-refractivity contribution is -0.113. The molecule has 1 fully saturated rings. The number of rotatable bonds is 6. The first-order valence-electron chi connectivity index (χ1n) is 12.0. The van der Waals surface area contributed by atoms with Gasteiger partial charge in [-0.1, -0.05) is 77.3 Å². The van der Waals surface area contributed by atoms with Crippen molar-refractivity contribution in [1.29, 1.82) is 0 Å². The van der Waals surface area contributed by atoms with E-state index >= 15 is 0 Å². The minimum Gasteiger partial charge on any atom is -0.325 e. The Morgan fingerprint density at radius 1 is 1.14 bits per heavy atom. The number of fused-ring (bicyclic) bond motifs is 4. The molecule has 0 bridgehead atoms. The van der Waals surface area contributed by atoms with Crippen molar-refractivity contribution in [1.82, 2.24) is 9.55 Å². The van der Waals surface area contributed by atoms with Gasteiger partial charge in [-0.05, 0) is 49.1 Å². The molecule has 1 aromatic heterocycles. The van der Waals surface area contributed by atoms with Crippen LogP contribution < -0.4 is 10.9 Å². The molecule has 0 atom stereocenters. The number of allylic oxidation sites excluding steroid dienone is 1. The minimum atomic E-state index is -0.156. The van der Waals surface area contributed by atoms with Gasteiger partial charge in [-0.2, -0.15) is 0 Å². The Kier molecular flexibility index (Phi) is 6.98. The number of nitrogens with zero attached hydrogens (tertiary/aromatic N) is 2. The summed E-state index contributed by atoms with van der Waals surface area (Å²) in [7, 11) is 0. The van der Waals surface area contributed by atoms with E-state index in [2.05, 4.69) is 46.0 Å². The van der Waals surface area contributed by atoms with Crippen molar-refractivity contribution < 1.29 is 4.79 Å². The zero-order valence-corrected chi connectivity index (χ0v) is 22.0. The number of anilines is 1. The first kappa shape index (κ1) is 24.1. The topological polar surface area (TPSA) is 64.0 Å². The lowest BCUT2D eigenvalue weighted by Crippen LogP contribution is -2.43. The SMILES string of the molecule is C=CCn1c(SCC(=O)Nc2ccc(Br)cc2)nc2c(c1=O)C1(CCCCC1)Cc1ccccc1-2. The summed E-state index contributed by atoms with van der Waals surface area (Å²) in [6.45, 7) is 4.24. The van der Waals surface area contributed by atoms with E-state index < -0.39 is 0 Å². The van der Waals surface area contributed by atoms with E-state index in [1.54, 1.807) is 10.6 Å². The second-order valence-corrected chi connectivity index (χ2v) is 11.2. The molecule has 0 unspecified atom stereocenters. The summed E-state index contributed by atoms with van der Waals surface area (Å²) < 4.78 is 2.65. The molecule has 35 heavy (non-hydrogen) atoms. The molecule has 5 nitrogen and oxygen atoms in total. The fraction of sp³-hybridized carbons (Fsp3) is 0.321. The van der Waals surface area contributed by atoms with E-state index in [4.69, 9.17) is 4.98 Å². The van der Waals surface area contributed by atoms with Crippen LogP contribution >= 0.6 is 27.7 Å². The number of hydrogen-bond donors (Lipinski definition) is 1. The van der Waals surface area contributed by atoms with Gasteiger partial charge in [0, 0.05) is 27.7 Å². The van der Waals surface area contributed by atoms with E-state index in [0.29, 0.717) is 11.7 Å². The lowest BCUT2D eigenvalue weighted by Gasteiger charge is -2.42. The Hall–Kier alpha value is -2.64. The lowest BCUT2D eigenvalue weighted by atomic mass is 9.62. The first-order valence-corrected chi connectivity index (χ1v) is 13.8. The molecule has 1 heterocycles. The number of aromatic nitrogens is 2. The Bertz CT molecular complexity index is 1330. The van der Waals surface area contributed by atoms with E-state index in [9.17, 15) is 9.59 Å². The molecule has 2 aliphatic rings. The van der Waals surface area contributed by atoms with Gasteiger partial charge in [-0.3, -0.25) is 14.2 Å². The third kappa shape index (κ3) is 4.76. The van der Waals surface area contributed by atoms with Gasteiger partial charge in [0.15, 0.2) is 5.16 Å². The summed E-state index contributed by atoms with van der Waals surface area (Å²) in [5.41, 5.74) is 4.56. The fourth-order valence-electron chi connectivity index (χ4n) is 5.48. The summed E-state index contributed by atoms with van der Waals surface area (Å²) in [5, 5.41) is 3.47. The molecule has 0 radical (unpaired) electrons. The predicted molar refractivity (Wildman–Crippen MR) is 146 cm³/mol. The Morgan fingerprint density at radius 2 is 1.89 bits per heavy atom. The minimum absolute atomic E-state index is 0.0159. The molecule has 3 aromatic rings. The number of amides is 1. The molecule has 1 spiro atoms. The van der Waals surface area contributed by atoms with Crippen LogP contribution in [-0.2, 0) is 23.2 Å². The quantitative estimate of drug-likeness (QED) is 0.221. The third-order valence-corrected chi connectivity index (χ3v) is 8.55. The first-order chi connectivity index (χ1) is 17.0. The number of benzene rings is 2. The van der Waals surface area contributed by atoms with E-state index in [1.807, 2.05) is 30.3 Å². The largest absolute Gasteiger partial charge is 0.325 e. The maximum atomic E-state index is 14.0. The summed E-state index contributed by atoms with van der Waals surface area (Å²) in [6, 6.07) is 15.8. The van der Waals surface area contributed by atoms with E-state index in [1.165, 1.54) is 23.7 Å². The van der Waals surface area contributed by atoms with E-state index in [-0.39, 0.29) is 22.6 Å². The second-order valence-electron chi connectivity index (χ2n) is 9.34. The molecule has 1 N–H and O–H groups in total. The van der Waals surface area contributed by atoms with Crippen LogP contribution in [0.3, 0.4) is 0 Å². The van der Waals surface area contributed by atoms with Crippen molar-refractivity contribution in [3.63, 3.8) is 0 Å². The van der Waals surface area contributed by atoms with Gasteiger partial charge >= 0.3 is 0 Å². The van der Waals surface area contributed by atoms with Gasteiger partial charge in [-0.25, -0.2) is 4.98 Å². The van der Waals surface area contributed by atoms with Gasteiger partial charge in [0.05, 0.1) is 17.0 Å². The molecule has 7 heteroatoms. The van der Waals surface area contributed by atoms with Crippen LogP contribution in [0.2, 0.25) is 0 Å². The number of hydrogen-bond acceptors (Lipinski definition) is 4. The molecular formula is C28H28BrN3O2S. The van der Waals surface area contributed by atoms with Crippen LogP contribution in [0.4, 0.5) is 5.69 Å². The van der Waals surface area contributed by atoms with Crippen LogP contribution in [0.1, 0.15) is 43.2 Å². The Balaban J connectivity index is 1.52. The fourth-order valence-corrected chi connectivity index (χ4v) is 6.55. The highest BCUT2D eigenvalue weighted by atomic mass is 79.9. The van der Waals surface area contributed by atoms with E-state index in [0.717, 1.165) is 59.1 Å². The predicted octanol–water partition coefficient (Wildman–Crippen LogP) is 6.35. The molecule has 0 saturated heterocycles. The second kappa shape index (κ2) is 10.2. The van der Waals surface area contributed by atoms with Gasteiger partial charge < -0.3 is 5.32 Å². The van der Waals surface area contributed by atoms with Crippen molar-refractivity contribution >= 4 is 39.3 Å². The average molecular weight is 551 g/mol. The van der Waals surface area contributed by atoms with Gasteiger partial charge in [0.25, 0.3) is 5.56 Å². The summed E-state index contributed by atoms with van der Waals surface area (Å²) in [4.78, 5) is 31.8. The molecule has 1 saturated carbocycles. The molecule has 2 aromatic carbocycles. The van der Waals surface area contributed by atoms with Crippen molar-refractivity contribution in [2.24, 2.45) is 0 Å². The smallest absolute Gasteiger partial charge is 0.258 e. The molecule has 2 aliphatic carbocycles. The molecule has 5 rings (SSSR count). The summed E-state index contributed by atoms with van der Waals surface area (Å²) in [6.07, 6.45) is 8.14. The Morgan fingerprint density at radius 3 is 2.63 bits per heavy atom. The number of halogens is 1. The maximum absolute atomic E-state index is 14.0. The highest BCUT2D eigenvalue weighted by Crippen LogP contribution is 2.48. The monoisotopic (exact) mass is 549 g/mol. The van der Waals surface area contributed by atoms with Crippen LogP contribution in [0.25, 0.3) is 11.3 Å². The molecule has 0 aliphatic heterocycles. The number of carbonyl (C=O) groups is 1. The highest BCUT2D eigenvalue weighted by molar-refractivity contribution is 9.10. The zero-order chi connectivity index (χ0) is 24.4. The van der Waals surface area contributed by atoms with Gasteiger partial charge in [0.2, 0.25) is 5.91 Å². The maximum Gasteiger partial charge on any atom is 0.258 e. The van der Waals surface area contributed by atoms with Crippen LogP contribution in [-0.4, -0.2) is 21.2 Å².